The summed E-state index contributed by atoms with van der Waals surface area (Å²) >= 11 is 0. The molecule has 1 aliphatic heterocycles. The van der Waals surface area contributed by atoms with Crippen molar-refractivity contribution in [3.63, 3.8) is 0 Å². The molecule has 2 rings (SSSR count). The lowest BCUT2D eigenvalue weighted by molar-refractivity contribution is -0.154. The Balaban J connectivity index is 2.00. The number of esters is 1. The van der Waals surface area contributed by atoms with Gasteiger partial charge in [0.2, 0.25) is 0 Å². The molecule has 1 aromatic carbocycles. The molecule has 0 saturated carbocycles. The zero-order valence-corrected chi connectivity index (χ0v) is 17.6. The average Bonchev–Trinajstić information content (AvgIpc) is 2.61. The zero-order chi connectivity index (χ0) is 20.9. The molecule has 1 saturated heterocycles. The lowest BCUT2D eigenvalue weighted by Crippen LogP contribution is -2.44. The van der Waals surface area contributed by atoms with Crippen LogP contribution in [0.2, 0.25) is 11.6 Å². The van der Waals surface area contributed by atoms with Crippen LogP contribution >= 0.6 is 0 Å². The minimum atomic E-state index is -0.506. The number of benzene rings is 1. The van der Waals surface area contributed by atoms with Crippen LogP contribution in [0, 0.1) is 22.6 Å². The summed E-state index contributed by atoms with van der Waals surface area (Å²) in [5.41, 5.74) is 1.53. The van der Waals surface area contributed by atoms with Crippen LogP contribution in [0.3, 0.4) is 0 Å². The molecule has 1 fully saturated rings. The van der Waals surface area contributed by atoms with Crippen molar-refractivity contribution in [2.24, 2.45) is 0 Å². The van der Waals surface area contributed by atoms with E-state index in [4.69, 9.17) is 4.74 Å². The zero-order valence-electron chi connectivity index (χ0n) is 17.6. The van der Waals surface area contributed by atoms with Gasteiger partial charge in [-0.1, -0.05) is 26.0 Å². The number of nitriles is 2. The molecule has 148 valence electrons. The van der Waals surface area contributed by atoms with Crippen LogP contribution in [0.4, 0.5) is 5.69 Å². The van der Waals surface area contributed by atoms with Crippen LogP contribution in [-0.2, 0) is 9.53 Å². The van der Waals surface area contributed by atoms with E-state index < -0.39 is 5.60 Å². The van der Waals surface area contributed by atoms with Crippen molar-refractivity contribution in [1.82, 2.24) is 0 Å². The Kier molecular flexibility index (Phi) is 7.14. The van der Waals surface area contributed by atoms with Crippen LogP contribution < -0.4 is 4.90 Å². The standard InChI is InChI=1S/C22H30BN3O2/c1-16-13-26(14-17(2)23(16)15-25)20-9-6-18(7-10-20)19(12-24)8-11-21(27)28-22(3,4)5/h6-7,9-10,16-17,19H,8,11,13-14H2,1-5H3. The molecule has 1 aliphatic rings. The molecular weight excluding hydrogens is 349 g/mol. The number of nitrogens with zero attached hydrogens (tertiary/aromatic N) is 3. The predicted molar refractivity (Wildman–Crippen MR) is 112 cm³/mol. The molecule has 3 atom stereocenters. The number of anilines is 1. The second kappa shape index (κ2) is 9.15. The third-order valence-electron chi connectivity index (χ3n) is 5.27. The van der Waals surface area contributed by atoms with E-state index in [1.807, 2.05) is 45.0 Å². The van der Waals surface area contributed by atoms with Crippen molar-refractivity contribution >= 4 is 18.4 Å². The molecule has 0 spiro atoms. The highest BCUT2D eigenvalue weighted by Crippen LogP contribution is 2.32. The Morgan fingerprint density at radius 1 is 1.21 bits per heavy atom. The molecule has 0 bridgehead atoms. The summed E-state index contributed by atoms with van der Waals surface area (Å²) < 4.78 is 5.33. The fourth-order valence-corrected chi connectivity index (χ4v) is 3.90. The molecular formula is C22H30BN3O2. The van der Waals surface area contributed by atoms with Gasteiger partial charge in [-0.3, -0.25) is 4.79 Å². The minimum Gasteiger partial charge on any atom is -0.460 e. The Morgan fingerprint density at radius 2 is 1.79 bits per heavy atom. The Hall–Kier alpha value is -2.47. The summed E-state index contributed by atoms with van der Waals surface area (Å²) in [6.45, 7) is 11.6. The predicted octanol–water partition coefficient (Wildman–Crippen LogP) is 4.57. The number of ether oxygens (including phenoxy) is 1. The highest BCUT2D eigenvalue weighted by atomic mass is 16.6. The van der Waals surface area contributed by atoms with Gasteiger partial charge in [-0.2, -0.15) is 5.26 Å². The lowest BCUT2D eigenvalue weighted by Gasteiger charge is -2.38. The number of hydrogen-bond donors (Lipinski definition) is 0. The molecule has 0 aromatic heterocycles. The topological polar surface area (TPSA) is 77.1 Å². The number of rotatable bonds is 5. The van der Waals surface area contributed by atoms with E-state index in [1.165, 1.54) is 0 Å². The minimum absolute atomic E-state index is 0.103. The maximum atomic E-state index is 11.9. The van der Waals surface area contributed by atoms with Crippen LogP contribution in [0.1, 0.15) is 58.9 Å². The third kappa shape index (κ3) is 5.76. The Bertz CT molecular complexity index is 746. The fraction of sp³-hybridized carbons (Fsp3) is 0.591. The molecule has 5 nitrogen and oxygen atoms in total. The summed E-state index contributed by atoms with van der Waals surface area (Å²) in [7, 11) is 0. The lowest BCUT2D eigenvalue weighted by atomic mass is 9.34. The normalized spacial score (nSPS) is 20.8. The van der Waals surface area contributed by atoms with Gasteiger partial charge in [0.05, 0.1) is 12.0 Å². The highest BCUT2D eigenvalue weighted by molar-refractivity contribution is 6.70. The van der Waals surface area contributed by atoms with Crippen molar-refractivity contribution in [2.45, 2.75) is 70.6 Å². The molecule has 0 N–H and O–H groups in total. The highest BCUT2D eigenvalue weighted by Gasteiger charge is 2.35. The summed E-state index contributed by atoms with van der Waals surface area (Å²) in [4.78, 5) is 14.2. The van der Waals surface area contributed by atoms with Crippen molar-refractivity contribution in [1.29, 1.82) is 10.5 Å². The van der Waals surface area contributed by atoms with Crippen LogP contribution in [-0.4, -0.2) is 31.4 Å². The molecule has 1 heterocycles. The van der Waals surface area contributed by atoms with Crippen molar-refractivity contribution in [3.05, 3.63) is 29.8 Å². The van der Waals surface area contributed by atoms with Gasteiger partial charge in [0.1, 0.15) is 5.60 Å². The van der Waals surface area contributed by atoms with Crippen LogP contribution in [0.15, 0.2) is 24.3 Å². The molecule has 28 heavy (non-hydrogen) atoms. The largest absolute Gasteiger partial charge is 0.460 e. The van der Waals surface area contributed by atoms with Gasteiger partial charge in [0.15, 0.2) is 0 Å². The van der Waals surface area contributed by atoms with Crippen molar-refractivity contribution in [3.8, 4) is 12.0 Å². The fourth-order valence-electron chi connectivity index (χ4n) is 3.90. The van der Waals surface area contributed by atoms with E-state index in [9.17, 15) is 15.3 Å². The van der Waals surface area contributed by atoms with E-state index >= 15 is 0 Å². The first-order valence-corrected chi connectivity index (χ1v) is 10.0. The van der Waals surface area contributed by atoms with E-state index in [1.54, 1.807) is 0 Å². The first kappa shape index (κ1) is 21.8. The SMILES string of the molecule is CC1CN(c2ccc(C(C#N)CCC(=O)OC(C)(C)C)cc2)CC(C)B1C#N. The van der Waals surface area contributed by atoms with Gasteiger partial charge in [-0.25, -0.2) is 5.26 Å². The second-order valence-corrected chi connectivity index (χ2v) is 8.91. The first-order chi connectivity index (χ1) is 13.1. The summed E-state index contributed by atoms with van der Waals surface area (Å²) in [5.74, 6) is 2.50. The number of carbonyl (C=O) groups excluding carboxylic acids is 1. The van der Waals surface area contributed by atoms with Crippen LogP contribution in [0.5, 0.6) is 0 Å². The summed E-state index contributed by atoms with van der Waals surface area (Å²) in [5, 5.41) is 18.9. The molecule has 3 unspecified atom stereocenters. The van der Waals surface area contributed by atoms with Gasteiger partial charge >= 0.3 is 5.97 Å². The van der Waals surface area contributed by atoms with E-state index in [-0.39, 0.29) is 25.0 Å². The van der Waals surface area contributed by atoms with Gasteiger partial charge in [-0.15, -0.1) is 0 Å². The third-order valence-corrected chi connectivity index (χ3v) is 5.27. The Morgan fingerprint density at radius 3 is 2.25 bits per heavy atom. The molecule has 6 heteroatoms. The second-order valence-electron chi connectivity index (χ2n) is 8.91. The van der Waals surface area contributed by atoms with E-state index in [0.717, 1.165) is 24.3 Å². The maximum Gasteiger partial charge on any atom is 0.306 e. The van der Waals surface area contributed by atoms with Crippen LogP contribution in [0.25, 0.3) is 0 Å². The van der Waals surface area contributed by atoms with Crippen molar-refractivity contribution < 1.29 is 9.53 Å². The molecule has 1 aromatic rings. The van der Waals surface area contributed by atoms with Gasteiger partial charge in [0, 0.05) is 31.2 Å². The first-order valence-electron chi connectivity index (χ1n) is 10.0. The summed E-state index contributed by atoms with van der Waals surface area (Å²) in [6, 6.07) is 10.3. The number of carbonyl (C=O) groups is 1. The van der Waals surface area contributed by atoms with Gasteiger partial charge < -0.3 is 9.64 Å². The van der Waals surface area contributed by atoms with E-state index in [0.29, 0.717) is 18.1 Å². The molecule has 0 radical (unpaired) electrons. The average molecular weight is 379 g/mol. The van der Waals surface area contributed by atoms with Crippen molar-refractivity contribution in [2.75, 3.05) is 18.0 Å². The molecule has 0 aliphatic carbocycles. The molecule has 0 amide bonds. The quantitative estimate of drug-likeness (QED) is 0.553. The van der Waals surface area contributed by atoms with Gasteiger partial charge in [-0.05, 0) is 56.5 Å². The smallest absolute Gasteiger partial charge is 0.306 e. The Labute approximate surface area is 169 Å². The maximum absolute atomic E-state index is 11.9. The number of hydrogen-bond acceptors (Lipinski definition) is 5. The monoisotopic (exact) mass is 379 g/mol. The van der Waals surface area contributed by atoms with E-state index in [2.05, 4.69) is 30.8 Å². The van der Waals surface area contributed by atoms with Gasteiger partial charge in [0.25, 0.3) is 6.71 Å². The summed E-state index contributed by atoms with van der Waals surface area (Å²) in [6.07, 6.45) is 0.681.